The summed E-state index contributed by atoms with van der Waals surface area (Å²) in [5.41, 5.74) is 2.96. The number of imide groups is 1. The molecule has 2 aromatic rings. The van der Waals surface area contributed by atoms with Crippen LogP contribution in [-0.4, -0.2) is 27.7 Å². The van der Waals surface area contributed by atoms with Crippen LogP contribution in [0, 0.1) is 23.2 Å². The smallest absolute Gasteiger partial charge is 0.236 e. The van der Waals surface area contributed by atoms with Gasteiger partial charge in [0.25, 0.3) is 0 Å². The fourth-order valence-electron chi connectivity index (χ4n) is 4.69. The summed E-state index contributed by atoms with van der Waals surface area (Å²) in [7, 11) is 0. The fraction of sp³-hybridized carbons (Fsp3) is 0.227. The van der Waals surface area contributed by atoms with E-state index in [9.17, 15) is 14.9 Å². The number of hydrogen-bond donors (Lipinski definition) is 0. The Balaban J connectivity index is 1.56. The molecular formula is C22H17N3O2. The molecule has 4 atom stereocenters. The van der Waals surface area contributed by atoms with Crippen LogP contribution in [-0.2, 0) is 16.1 Å². The first-order chi connectivity index (χ1) is 13.2. The first-order valence-electron chi connectivity index (χ1n) is 9.04. The SMILES string of the molecule is N#C[C@@H]1[C@@H]2C(=O)N(Cc3ccccc3)C(=O)[C@@H]2[C@@H]2c3ccccc3C=CN12. The second-order valence-electron chi connectivity index (χ2n) is 7.21. The van der Waals surface area contributed by atoms with Crippen molar-refractivity contribution in [3.8, 4) is 6.07 Å². The third-order valence-electron chi connectivity index (χ3n) is 5.87. The van der Waals surface area contributed by atoms with E-state index in [0.717, 1.165) is 16.7 Å². The summed E-state index contributed by atoms with van der Waals surface area (Å²) < 4.78 is 0. The first-order valence-corrected chi connectivity index (χ1v) is 9.04. The van der Waals surface area contributed by atoms with Gasteiger partial charge in [0.15, 0.2) is 0 Å². The van der Waals surface area contributed by atoms with Gasteiger partial charge >= 0.3 is 0 Å². The molecule has 3 aliphatic heterocycles. The number of carbonyl (C=O) groups is 2. The van der Waals surface area contributed by atoms with Crippen LogP contribution in [0.1, 0.15) is 22.7 Å². The number of nitrogens with zero attached hydrogens (tertiary/aromatic N) is 3. The molecule has 0 unspecified atom stereocenters. The molecule has 3 heterocycles. The molecule has 27 heavy (non-hydrogen) atoms. The number of amides is 2. The van der Waals surface area contributed by atoms with Gasteiger partial charge in [-0.2, -0.15) is 5.26 Å². The Kier molecular flexibility index (Phi) is 3.41. The molecule has 2 saturated heterocycles. The van der Waals surface area contributed by atoms with E-state index in [2.05, 4.69) is 6.07 Å². The number of fused-ring (bicyclic) bond motifs is 5. The predicted molar refractivity (Wildman–Crippen MR) is 98.4 cm³/mol. The highest BCUT2D eigenvalue weighted by Crippen LogP contribution is 2.52. The third kappa shape index (κ3) is 2.16. The summed E-state index contributed by atoms with van der Waals surface area (Å²) in [6.45, 7) is 0.258. The zero-order chi connectivity index (χ0) is 18.5. The van der Waals surface area contributed by atoms with Crippen LogP contribution >= 0.6 is 0 Å². The Morgan fingerprint density at radius 3 is 2.41 bits per heavy atom. The Morgan fingerprint density at radius 2 is 1.63 bits per heavy atom. The summed E-state index contributed by atoms with van der Waals surface area (Å²) in [4.78, 5) is 29.6. The molecule has 0 aliphatic carbocycles. The molecule has 0 bridgehead atoms. The van der Waals surface area contributed by atoms with E-state index in [-0.39, 0.29) is 24.4 Å². The van der Waals surface area contributed by atoms with Gasteiger partial charge in [0, 0.05) is 6.20 Å². The van der Waals surface area contributed by atoms with Crippen molar-refractivity contribution in [2.45, 2.75) is 18.6 Å². The van der Waals surface area contributed by atoms with Crippen molar-refractivity contribution < 1.29 is 9.59 Å². The van der Waals surface area contributed by atoms with E-state index in [1.54, 1.807) is 0 Å². The second kappa shape index (κ2) is 5.82. The molecule has 2 fully saturated rings. The lowest BCUT2D eigenvalue weighted by atomic mass is 9.85. The van der Waals surface area contributed by atoms with Crippen molar-refractivity contribution in [2.24, 2.45) is 11.8 Å². The Labute approximate surface area is 157 Å². The molecule has 0 N–H and O–H groups in total. The second-order valence-corrected chi connectivity index (χ2v) is 7.21. The van der Waals surface area contributed by atoms with Gasteiger partial charge in [0.1, 0.15) is 6.04 Å². The first kappa shape index (κ1) is 15.8. The number of benzene rings is 2. The van der Waals surface area contributed by atoms with Crippen molar-refractivity contribution in [3.05, 3.63) is 77.5 Å². The van der Waals surface area contributed by atoms with E-state index in [1.165, 1.54) is 4.90 Å². The van der Waals surface area contributed by atoms with Crippen molar-refractivity contribution >= 4 is 17.9 Å². The van der Waals surface area contributed by atoms with Gasteiger partial charge in [-0.25, -0.2) is 0 Å². The van der Waals surface area contributed by atoms with Gasteiger partial charge in [0.05, 0.1) is 30.5 Å². The van der Waals surface area contributed by atoms with Crippen molar-refractivity contribution in [2.75, 3.05) is 0 Å². The Morgan fingerprint density at radius 1 is 0.926 bits per heavy atom. The number of rotatable bonds is 2. The van der Waals surface area contributed by atoms with Gasteiger partial charge in [-0.15, -0.1) is 0 Å². The summed E-state index contributed by atoms with van der Waals surface area (Å²) in [5.74, 6) is -1.55. The minimum Gasteiger partial charge on any atom is -0.353 e. The average Bonchev–Trinajstić information content (AvgIpc) is 3.17. The molecule has 2 amide bonds. The van der Waals surface area contributed by atoms with Crippen molar-refractivity contribution in [1.82, 2.24) is 9.80 Å². The van der Waals surface area contributed by atoms with Crippen LogP contribution in [0.4, 0.5) is 0 Å². The summed E-state index contributed by atoms with van der Waals surface area (Å²) >= 11 is 0. The maximum atomic E-state index is 13.3. The summed E-state index contributed by atoms with van der Waals surface area (Å²) in [5, 5.41) is 9.77. The highest BCUT2D eigenvalue weighted by Gasteiger charge is 2.62. The minimum absolute atomic E-state index is 0.174. The van der Waals surface area contributed by atoms with Gasteiger partial charge in [-0.05, 0) is 22.8 Å². The highest BCUT2D eigenvalue weighted by molar-refractivity contribution is 6.06. The van der Waals surface area contributed by atoms with E-state index >= 15 is 0 Å². The Bertz CT molecular complexity index is 1010. The van der Waals surface area contributed by atoms with Crippen molar-refractivity contribution in [1.29, 1.82) is 5.26 Å². The molecular weight excluding hydrogens is 338 g/mol. The number of nitriles is 1. The van der Waals surface area contributed by atoms with Crippen LogP contribution in [0.15, 0.2) is 60.8 Å². The molecule has 5 rings (SSSR count). The molecule has 0 saturated carbocycles. The molecule has 0 aromatic heterocycles. The number of carbonyl (C=O) groups excluding carboxylic acids is 2. The van der Waals surface area contributed by atoms with Crippen LogP contribution in [0.3, 0.4) is 0 Å². The lowest BCUT2D eigenvalue weighted by Crippen LogP contribution is -2.39. The van der Waals surface area contributed by atoms with Crippen LogP contribution in [0.25, 0.3) is 6.08 Å². The topological polar surface area (TPSA) is 64.4 Å². The average molecular weight is 355 g/mol. The normalized spacial score (nSPS) is 28.0. The van der Waals surface area contributed by atoms with Gasteiger partial charge in [-0.3, -0.25) is 14.5 Å². The van der Waals surface area contributed by atoms with Crippen LogP contribution in [0.5, 0.6) is 0 Å². The van der Waals surface area contributed by atoms with Crippen LogP contribution in [0.2, 0.25) is 0 Å². The standard InChI is InChI=1S/C22H17N3O2/c23-12-17-18-19(20-16-9-5-4-8-15(16)10-11-24(17)20)22(27)25(21(18)26)13-14-6-2-1-3-7-14/h1-11,17-20H,13H2/t17-,18+,19+,20+/m1/s1. The zero-order valence-electron chi connectivity index (χ0n) is 14.5. The third-order valence-corrected chi connectivity index (χ3v) is 5.87. The molecule has 0 spiro atoms. The van der Waals surface area contributed by atoms with E-state index < -0.39 is 17.9 Å². The molecule has 0 radical (unpaired) electrons. The maximum absolute atomic E-state index is 13.3. The van der Waals surface area contributed by atoms with Crippen LogP contribution < -0.4 is 0 Å². The highest BCUT2D eigenvalue weighted by atomic mass is 16.2. The molecule has 3 aliphatic rings. The number of likely N-dealkylation sites (tertiary alicyclic amines) is 1. The zero-order valence-corrected chi connectivity index (χ0v) is 14.5. The molecule has 132 valence electrons. The Hall–Kier alpha value is -3.39. The van der Waals surface area contributed by atoms with E-state index in [1.807, 2.05) is 71.8 Å². The maximum Gasteiger partial charge on any atom is 0.236 e. The predicted octanol–water partition coefficient (Wildman–Crippen LogP) is 2.72. The lowest BCUT2D eigenvalue weighted by Gasteiger charge is -2.33. The lowest BCUT2D eigenvalue weighted by molar-refractivity contribution is -0.141. The molecule has 5 nitrogen and oxygen atoms in total. The minimum atomic E-state index is -0.623. The van der Waals surface area contributed by atoms with Gasteiger partial charge in [0.2, 0.25) is 11.8 Å². The monoisotopic (exact) mass is 355 g/mol. The van der Waals surface area contributed by atoms with Gasteiger partial charge in [-0.1, -0.05) is 54.6 Å². The number of hydrogen-bond acceptors (Lipinski definition) is 4. The molecule has 5 heteroatoms. The summed E-state index contributed by atoms with van der Waals surface area (Å²) in [6.07, 6.45) is 3.81. The van der Waals surface area contributed by atoms with Crippen molar-refractivity contribution in [3.63, 3.8) is 0 Å². The quantitative estimate of drug-likeness (QED) is 0.777. The summed E-state index contributed by atoms with van der Waals surface area (Å²) in [6, 6.07) is 18.8. The largest absolute Gasteiger partial charge is 0.353 e. The van der Waals surface area contributed by atoms with Gasteiger partial charge < -0.3 is 4.90 Å². The molecule has 2 aromatic carbocycles. The van der Waals surface area contributed by atoms with E-state index in [4.69, 9.17) is 0 Å². The fourth-order valence-corrected chi connectivity index (χ4v) is 4.69. The van der Waals surface area contributed by atoms with E-state index in [0.29, 0.717) is 0 Å².